The second-order valence-corrected chi connectivity index (χ2v) is 7.60. The Balaban J connectivity index is 2.32. The molecule has 110 valence electrons. The summed E-state index contributed by atoms with van der Waals surface area (Å²) in [5, 5.41) is 4.11. The van der Waals surface area contributed by atoms with Crippen molar-refractivity contribution in [3.63, 3.8) is 0 Å². The van der Waals surface area contributed by atoms with Gasteiger partial charge in [-0.15, -0.1) is 0 Å². The summed E-state index contributed by atoms with van der Waals surface area (Å²) in [5.41, 5.74) is 2.66. The molecule has 0 aliphatic heterocycles. The van der Waals surface area contributed by atoms with Crippen LogP contribution in [-0.2, 0) is 10.0 Å². The first kappa shape index (κ1) is 13.3. The molecule has 0 spiro atoms. The van der Waals surface area contributed by atoms with Crippen molar-refractivity contribution in [2.45, 2.75) is 6.92 Å². The molecule has 1 heterocycles. The summed E-state index contributed by atoms with van der Waals surface area (Å²) in [4.78, 5) is 0. The molecule has 0 amide bonds. The molecule has 0 unspecified atom stereocenters. The van der Waals surface area contributed by atoms with E-state index in [2.05, 4.69) is 19.1 Å². The molecule has 4 aromatic rings. The molecule has 3 aromatic carbocycles. The van der Waals surface area contributed by atoms with Crippen molar-refractivity contribution in [2.75, 3.05) is 6.26 Å². The highest BCUT2D eigenvalue weighted by Gasteiger charge is 2.17. The molecule has 0 fully saturated rings. The topological polar surface area (TPSA) is 39.1 Å². The first-order valence-electron chi connectivity index (χ1n) is 7.09. The minimum Gasteiger partial charge on any atom is -0.237 e. The average molecular weight is 309 g/mol. The van der Waals surface area contributed by atoms with E-state index in [9.17, 15) is 8.42 Å². The molecule has 3 nitrogen and oxygen atoms in total. The molecular formula is C18H15NO2S. The normalized spacial score (nSPS) is 12.5. The van der Waals surface area contributed by atoms with Gasteiger partial charge in [-0.05, 0) is 35.9 Å². The quantitative estimate of drug-likeness (QED) is 0.532. The minimum absolute atomic E-state index is 0.729. The Labute approximate surface area is 128 Å². The molecule has 0 saturated heterocycles. The van der Waals surface area contributed by atoms with E-state index in [1.54, 1.807) is 0 Å². The van der Waals surface area contributed by atoms with Gasteiger partial charge < -0.3 is 0 Å². The molecule has 0 bridgehead atoms. The fourth-order valence-electron chi connectivity index (χ4n) is 3.15. The van der Waals surface area contributed by atoms with Crippen LogP contribution < -0.4 is 0 Å². The Kier molecular flexibility index (Phi) is 2.63. The lowest BCUT2D eigenvalue weighted by atomic mass is 10.0. The molecular weight excluding hydrogens is 294 g/mol. The molecule has 0 radical (unpaired) electrons. The number of aromatic nitrogens is 1. The van der Waals surface area contributed by atoms with Gasteiger partial charge in [0.05, 0.1) is 17.3 Å². The van der Waals surface area contributed by atoms with E-state index < -0.39 is 10.0 Å². The van der Waals surface area contributed by atoms with Gasteiger partial charge >= 0.3 is 0 Å². The Hall–Kier alpha value is -2.33. The first-order valence-corrected chi connectivity index (χ1v) is 8.94. The summed E-state index contributed by atoms with van der Waals surface area (Å²) in [5.74, 6) is 0. The fourth-order valence-corrected chi connectivity index (χ4v) is 4.18. The summed E-state index contributed by atoms with van der Waals surface area (Å²) >= 11 is 0. The Morgan fingerprint density at radius 1 is 0.818 bits per heavy atom. The van der Waals surface area contributed by atoms with Crippen LogP contribution in [0.15, 0.2) is 54.6 Å². The number of rotatable bonds is 1. The van der Waals surface area contributed by atoms with E-state index >= 15 is 0 Å². The van der Waals surface area contributed by atoms with Crippen molar-refractivity contribution < 1.29 is 8.42 Å². The molecule has 0 N–H and O–H groups in total. The van der Waals surface area contributed by atoms with E-state index in [-0.39, 0.29) is 0 Å². The zero-order valence-electron chi connectivity index (χ0n) is 12.4. The van der Waals surface area contributed by atoms with Crippen LogP contribution in [0.4, 0.5) is 0 Å². The van der Waals surface area contributed by atoms with Gasteiger partial charge in [-0.25, -0.2) is 12.4 Å². The fraction of sp³-hybridized carbons (Fsp3) is 0.111. The smallest absolute Gasteiger partial charge is 0.236 e. The average Bonchev–Trinajstić information content (AvgIpc) is 2.78. The number of nitrogens with zero attached hydrogens (tertiary/aromatic N) is 1. The van der Waals surface area contributed by atoms with Crippen LogP contribution in [0, 0.1) is 6.92 Å². The largest absolute Gasteiger partial charge is 0.237 e. The van der Waals surface area contributed by atoms with Crippen LogP contribution in [0.5, 0.6) is 0 Å². The molecule has 4 heteroatoms. The molecule has 1 aromatic heterocycles. The highest BCUT2D eigenvalue weighted by atomic mass is 32.2. The summed E-state index contributed by atoms with van der Waals surface area (Å²) in [7, 11) is -3.37. The van der Waals surface area contributed by atoms with Crippen LogP contribution >= 0.6 is 0 Å². The van der Waals surface area contributed by atoms with Crippen LogP contribution in [-0.4, -0.2) is 18.6 Å². The van der Waals surface area contributed by atoms with Crippen molar-refractivity contribution in [2.24, 2.45) is 0 Å². The number of hydrogen-bond acceptors (Lipinski definition) is 2. The third-order valence-corrected chi connectivity index (χ3v) is 5.13. The third-order valence-electron chi connectivity index (χ3n) is 4.07. The van der Waals surface area contributed by atoms with Crippen LogP contribution in [0.1, 0.15) is 5.56 Å². The van der Waals surface area contributed by atoms with E-state index in [0.29, 0.717) is 0 Å². The highest BCUT2D eigenvalue weighted by Crippen LogP contribution is 2.33. The number of benzene rings is 3. The molecule has 4 rings (SSSR count). The zero-order valence-corrected chi connectivity index (χ0v) is 13.2. The van der Waals surface area contributed by atoms with Gasteiger partial charge in [0.25, 0.3) is 0 Å². The minimum atomic E-state index is -3.37. The zero-order chi connectivity index (χ0) is 15.5. The molecule has 0 aliphatic rings. The number of hydrogen-bond donors (Lipinski definition) is 0. The maximum Gasteiger partial charge on any atom is 0.236 e. The number of para-hydroxylation sites is 1. The SMILES string of the molecule is Cc1ccc2cc3c(cc2c1)c1ccccc1n3S(C)(=O)=O. The van der Waals surface area contributed by atoms with Crippen LogP contribution in [0.2, 0.25) is 0 Å². The summed E-state index contributed by atoms with van der Waals surface area (Å²) in [6.45, 7) is 2.06. The second-order valence-electron chi connectivity index (χ2n) is 5.76. The number of aryl methyl sites for hydroxylation is 1. The first-order chi connectivity index (χ1) is 10.4. The van der Waals surface area contributed by atoms with Gasteiger partial charge in [-0.1, -0.05) is 42.0 Å². The number of fused-ring (bicyclic) bond motifs is 4. The molecule has 0 saturated carbocycles. The lowest BCUT2D eigenvalue weighted by Gasteiger charge is -2.05. The molecule has 0 atom stereocenters. The van der Waals surface area contributed by atoms with Crippen molar-refractivity contribution >= 4 is 42.6 Å². The van der Waals surface area contributed by atoms with Crippen LogP contribution in [0.3, 0.4) is 0 Å². The second kappa shape index (κ2) is 4.34. The van der Waals surface area contributed by atoms with Crippen LogP contribution in [0.25, 0.3) is 32.6 Å². The molecule has 0 aliphatic carbocycles. The van der Waals surface area contributed by atoms with Gasteiger partial charge in [-0.3, -0.25) is 0 Å². The highest BCUT2D eigenvalue weighted by molar-refractivity contribution is 7.89. The molecule has 22 heavy (non-hydrogen) atoms. The Bertz CT molecular complexity index is 1150. The summed E-state index contributed by atoms with van der Waals surface area (Å²) in [6, 6.07) is 17.9. The Morgan fingerprint density at radius 2 is 1.59 bits per heavy atom. The van der Waals surface area contributed by atoms with E-state index in [0.717, 1.165) is 32.6 Å². The third kappa shape index (κ3) is 1.84. The van der Waals surface area contributed by atoms with E-state index in [1.165, 1.54) is 15.8 Å². The van der Waals surface area contributed by atoms with Gasteiger partial charge in [0.1, 0.15) is 0 Å². The maximum atomic E-state index is 12.3. The van der Waals surface area contributed by atoms with Gasteiger partial charge in [0.15, 0.2) is 0 Å². The van der Waals surface area contributed by atoms with Crippen molar-refractivity contribution in [3.8, 4) is 0 Å². The standard InChI is InChI=1S/C18H15NO2S/c1-12-7-8-13-11-18-16(10-14(13)9-12)15-5-3-4-6-17(15)19(18)22(2,20)21/h3-11H,1-2H3. The van der Waals surface area contributed by atoms with Gasteiger partial charge in [-0.2, -0.15) is 0 Å². The lowest BCUT2D eigenvalue weighted by Crippen LogP contribution is -2.09. The summed E-state index contributed by atoms with van der Waals surface area (Å²) in [6.07, 6.45) is 1.25. The maximum absolute atomic E-state index is 12.3. The monoisotopic (exact) mass is 309 g/mol. The Morgan fingerprint density at radius 3 is 2.36 bits per heavy atom. The predicted octanol–water partition coefficient (Wildman–Crippen LogP) is 4.06. The van der Waals surface area contributed by atoms with Crippen molar-refractivity contribution in [3.05, 3.63) is 60.2 Å². The lowest BCUT2D eigenvalue weighted by molar-refractivity contribution is 0.596. The van der Waals surface area contributed by atoms with Gasteiger partial charge in [0.2, 0.25) is 10.0 Å². The van der Waals surface area contributed by atoms with Crippen molar-refractivity contribution in [1.29, 1.82) is 0 Å². The van der Waals surface area contributed by atoms with Gasteiger partial charge in [0, 0.05) is 10.8 Å². The summed E-state index contributed by atoms with van der Waals surface area (Å²) < 4.78 is 26.0. The van der Waals surface area contributed by atoms with E-state index in [4.69, 9.17) is 0 Å². The van der Waals surface area contributed by atoms with Crippen molar-refractivity contribution in [1.82, 2.24) is 3.97 Å². The predicted molar refractivity (Wildman–Crippen MR) is 91.9 cm³/mol. The van der Waals surface area contributed by atoms with E-state index in [1.807, 2.05) is 42.5 Å².